The summed E-state index contributed by atoms with van der Waals surface area (Å²) in [5, 5.41) is 12.9. The Morgan fingerprint density at radius 1 is 1.39 bits per heavy atom. The second kappa shape index (κ2) is 6.26. The molecule has 1 aliphatic rings. The van der Waals surface area contributed by atoms with Crippen LogP contribution in [0.5, 0.6) is 0 Å². The van der Waals surface area contributed by atoms with Crippen molar-refractivity contribution in [2.24, 2.45) is 0 Å². The highest BCUT2D eigenvalue weighted by molar-refractivity contribution is 6.30. The van der Waals surface area contributed by atoms with Crippen LogP contribution in [-0.2, 0) is 10.2 Å². The van der Waals surface area contributed by atoms with E-state index in [1.165, 1.54) is 12.1 Å². The van der Waals surface area contributed by atoms with Crippen LogP contribution in [0.1, 0.15) is 30.2 Å². The summed E-state index contributed by atoms with van der Waals surface area (Å²) in [6.07, 6.45) is 2.01. The van der Waals surface area contributed by atoms with Crippen molar-refractivity contribution < 1.29 is 14.3 Å². The number of amides is 1. The highest BCUT2D eigenvalue weighted by Crippen LogP contribution is 2.46. The van der Waals surface area contributed by atoms with Gasteiger partial charge in [0.05, 0.1) is 0 Å². The molecule has 3 rings (SSSR count). The first-order valence-electron chi connectivity index (χ1n) is 7.34. The van der Waals surface area contributed by atoms with Crippen LogP contribution >= 0.6 is 11.6 Å². The molecule has 1 heterocycles. The van der Waals surface area contributed by atoms with Gasteiger partial charge in [-0.1, -0.05) is 23.7 Å². The van der Waals surface area contributed by atoms with E-state index < -0.39 is 17.8 Å². The predicted molar refractivity (Wildman–Crippen MR) is 84.5 cm³/mol. The Kier molecular flexibility index (Phi) is 4.33. The first-order valence-corrected chi connectivity index (χ1v) is 7.72. The van der Waals surface area contributed by atoms with E-state index in [0.29, 0.717) is 6.54 Å². The van der Waals surface area contributed by atoms with E-state index in [1.54, 1.807) is 6.20 Å². The van der Waals surface area contributed by atoms with Crippen molar-refractivity contribution in [3.8, 4) is 0 Å². The molecule has 1 aromatic carbocycles. The Bertz CT molecular complexity index is 720. The first-order chi connectivity index (χ1) is 11.0. The fraction of sp³-hybridized carbons (Fsp3) is 0.294. The molecule has 0 spiro atoms. The van der Waals surface area contributed by atoms with E-state index in [4.69, 9.17) is 11.6 Å². The van der Waals surface area contributed by atoms with Gasteiger partial charge in [0, 0.05) is 34.4 Å². The lowest BCUT2D eigenvalue weighted by Gasteiger charge is -2.18. The Hall–Kier alpha value is -1.98. The molecule has 1 unspecified atom stereocenters. The normalized spacial score (nSPS) is 16.7. The van der Waals surface area contributed by atoms with Gasteiger partial charge in [-0.25, -0.2) is 4.39 Å². The third-order valence-electron chi connectivity index (χ3n) is 4.17. The summed E-state index contributed by atoms with van der Waals surface area (Å²) < 4.78 is 13.8. The smallest absolute Gasteiger partial charge is 0.253 e. The topological polar surface area (TPSA) is 62.2 Å². The van der Waals surface area contributed by atoms with Gasteiger partial charge < -0.3 is 10.4 Å². The van der Waals surface area contributed by atoms with E-state index in [0.717, 1.165) is 24.6 Å². The van der Waals surface area contributed by atoms with Gasteiger partial charge in [-0.2, -0.15) is 0 Å². The summed E-state index contributed by atoms with van der Waals surface area (Å²) in [6, 6.07) is 9.49. The molecule has 2 N–H and O–H groups in total. The van der Waals surface area contributed by atoms with Crippen LogP contribution in [0.25, 0.3) is 0 Å². The standard InChI is InChI=1S/C17H16ClFN2O2/c18-11-4-5-12(13(19)9-11)15(22)16(23)21-10-17(6-7-17)14-3-1-2-8-20-14/h1-5,8-9,15,22H,6-7,10H2,(H,21,23). The number of rotatable bonds is 5. The number of hydrogen-bond donors (Lipinski definition) is 2. The van der Waals surface area contributed by atoms with Crippen molar-refractivity contribution in [1.29, 1.82) is 0 Å². The number of nitrogens with one attached hydrogen (secondary N) is 1. The van der Waals surface area contributed by atoms with E-state index in [1.807, 2.05) is 18.2 Å². The maximum Gasteiger partial charge on any atom is 0.253 e. The monoisotopic (exact) mass is 334 g/mol. The van der Waals surface area contributed by atoms with E-state index >= 15 is 0 Å². The number of aliphatic hydroxyl groups excluding tert-OH is 1. The highest BCUT2D eigenvalue weighted by atomic mass is 35.5. The van der Waals surface area contributed by atoms with Gasteiger partial charge in [0.2, 0.25) is 0 Å². The van der Waals surface area contributed by atoms with Gasteiger partial charge in [-0.3, -0.25) is 9.78 Å². The van der Waals surface area contributed by atoms with Crippen LogP contribution in [0, 0.1) is 5.82 Å². The first kappa shape index (κ1) is 15.9. The third-order valence-corrected chi connectivity index (χ3v) is 4.40. The fourth-order valence-electron chi connectivity index (χ4n) is 2.57. The third kappa shape index (κ3) is 3.35. The molecule has 2 aromatic rings. The number of aromatic nitrogens is 1. The van der Waals surface area contributed by atoms with E-state index in [2.05, 4.69) is 10.3 Å². The summed E-state index contributed by atoms with van der Waals surface area (Å²) in [5.41, 5.74) is 0.664. The Balaban J connectivity index is 1.66. The molecule has 0 saturated heterocycles. The maximum absolute atomic E-state index is 13.8. The quantitative estimate of drug-likeness (QED) is 0.883. The van der Waals surface area contributed by atoms with Crippen LogP contribution in [0.2, 0.25) is 5.02 Å². The number of hydrogen-bond acceptors (Lipinski definition) is 3. The molecule has 1 saturated carbocycles. The lowest BCUT2D eigenvalue weighted by molar-refractivity contribution is -0.129. The lowest BCUT2D eigenvalue weighted by Crippen LogP contribution is -2.36. The van der Waals surface area contributed by atoms with Crippen LogP contribution in [0.3, 0.4) is 0 Å². The zero-order chi connectivity index (χ0) is 16.4. The highest BCUT2D eigenvalue weighted by Gasteiger charge is 2.45. The van der Waals surface area contributed by atoms with Crippen molar-refractivity contribution in [1.82, 2.24) is 10.3 Å². The predicted octanol–water partition coefficient (Wildman–Crippen LogP) is 2.76. The minimum absolute atomic E-state index is 0.0883. The molecule has 4 nitrogen and oxygen atoms in total. The molecule has 23 heavy (non-hydrogen) atoms. The van der Waals surface area contributed by atoms with Crippen molar-refractivity contribution in [2.75, 3.05) is 6.54 Å². The molecule has 1 fully saturated rings. The number of aliphatic hydroxyl groups is 1. The van der Waals surface area contributed by atoms with Gasteiger partial charge in [-0.05, 0) is 37.1 Å². The molecule has 1 aliphatic carbocycles. The Labute approximate surface area is 138 Å². The van der Waals surface area contributed by atoms with Crippen molar-refractivity contribution in [3.63, 3.8) is 0 Å². The minimum Gasteiger partial charge on any atom is -0.378 e. The number of carbonyl (C=O) groups is 1. The van der Waals surface area contributed by atoms with Crippen LogP contribution in [0.15, 0.2) is 42.6 Å². The Morgan fingerprint density at radius 2 is 2.17 bits per heavy atom. The van der Waals surface area contributed by atoms with Crippen LogP contribution in [-0.4, -0.2) is 22.5 Å². The molecule has 1 aromatic heterocycles. The molecule has 1 amide bonds. The number of benzene rings is 1. The number of carbonyl (C=O) groups excluding carboxylic acids is 1. The minimum atomic E-state index is -1.56. The largest absolute Gasteiger partial charge is 0.378 e. The van der Waals surface area contributed by atoms with E-state index in [9.17, 15) is 14.3 Å². The summed E-state index contributed by atoms with van der Waals surface area (Å²) in [5.74, 6) is -1.33. The molecule has 0 bridgehead atoms. The molecule has 0 aliphatic heterocycles. The van der Waals surface area contributed by atoms with Gasteiger partial charge in [0.1, 0.15) is 5.82 Å². The van der Waals surface area contributed by atoms with Crippen molar-refractivity contribution in [2.45, 2.75) is 24.4 Å². The zero-order valence-electron chi connectivity index (χ0n) is 12.3. The molecule has 0 radical (unpaired) electrons. The average Bonchev–Trinajstić information content (AvgIpc) is 3.34. The maximum atomic E-state index is 13.8. The van der Waals surface area contributed by atoms with Gasteiger partial charge in [0.15, 0.2) is 6.10 Å². The second-order valence-electron chi connectivity index (χ2n) is 5.78. The SMILES string of the molecule is O=C(NCC1(c2ccccn2)CC1)C(O)c1ccc(Cl)cc1F. The van der Waals surface area contributed by atoms with Gasteiger partial charge in [0.25, 0.3) is 5.91 Å². The molecule has 120 valence electrons. The van der Waals surface area contributed by atoms with Gasteiger partial charge in [-0.15, -0.1) is 0 Å². The Morgan fingerprint density at radius 3 is 2.78 bits per heavy atom. The number of pyridine rings is 1. The fourth-order valence-corrected chi connectivity index (χ4v) is 2.73. The zero-order valence-corrected chi connectivity index (χ0v) is 13.1. The molecular weight excluding hydrogens is 319 g/mol. The summed E-state index contributed by atoms with van der Waals surface area (Å²) in [4.78, 5) is 16.4. The summed E-state index contributed by atoms with van der Waals surface area (Å²) in [6.45, 7) is 0.370. The van der Waals surface area contributed by atoms with Crippen LogP contribution < -0.4 is 5.32 Å². The second-order valence-corrected chi connectivity index (χ2v) is 6.22. The van der Waals surface area contributed by atoms with E-state index in [-0.39, 0.29) is 16.0 Å². The molecule has 6 heteroatoms. The van der Waals surface area contributed by atoms with Gasteiger partial charge >= 0.3 is 0 Å². The van der Waals surface area contributed by atoms with Crippen molar-refractivity contribution >= 4 is 17.5 Å². The van der Waals surface area contributed by atoms with Crippen LogP contribution in [0.4, 0.5) is 4.39 Å². The number of halogens is 2. The average molecular weight is 335 g/mol. The summed E-state index contributed by atoms with van der Waals surface area (Å²) >= 11 is 5.67. The lowest BCUT2D eigenvalue weighted by atomic mass is 10.0. The summed E-state index contributed by atoms with van der Waals surface area (Å²) in [7, 11) is 0. The van der Waals surface area contributed by atoms with Crippen molar-refractivity contribution in [3.05, 3.63) is 64.7 Å². The number of nitrogens with zero attached hydrogens (tertiary/aromatic N) is 1. The molecular formula is C17H16ClFN2O2. The molecule has 1 atom stereocenters.